The average molecular weight is 355 g/mol. The van der Waals surface area contributed by atoms with Crippen molar-refractivity contribution >= 4 is 23.4 Å². The Bertz CT molecular complexity index is 591. The normalized spacial score (nSPS) is 21.8. The van der Waals surface area contributed by atoms with Crippen LogP contribution in [0.3, 0.4) is 0 Å². The summed E-state index contributed by atoms with van der Waals surface area (Å²) in [4.78, 5) is 20.8. The van der Waals surface area contributed by atoms with Gasteiger partial charge in [0.1, 0.15) is 5.60 Å². The maximum absolute atomic E-state index is 12.5. The minimum atomic E-state index is -0.497. The standard InChI is InChI=1S/C17H27ClN4O2/c1-11-9-21(13-6-14(18)15(7-19)20-8-13)10-12(2)22(11)16(23)24-17(3,4)5/h6,8,11-12H,7,9-10,19H2,1-5H3. The van der Waals surface area contributed by atoms with E-state index < -0.39 is 5.60 Å². The smallest absolute Gasteiger partial charge is 0.410 e. The van der Waals surface area contributed by atoms with Crippen LogP contribution in [0.25, 0.3) is 0 Å². The van der Waals surface area contributed by atoms with E-state index in [9.17, 15) is 4.79 Å². The lowest BCUT2D eigenvalue weighted by atomic mass is 10.1. The van der Waals surface area contributed by atoms with E-state index in [1.807, 2.05) is 45.6 Å². The molecule has 0 aliphatic carbocycles. The van der Waals surface area contributed by atoms with Crippen molar-refractivity contribution < 1.29 is 9.53 Å². The van der Waals surface area contributed by atoms with Gasteiger partial charge in [-0.1, -0.05) is 11.6 Å². The first-order chi connectivity index (χ1) is 11.1. The number of aromatic nitrogens is 1. The molecule has 6 nitrogen and oxygen atoms in total. The topological polar surface area (TPSA) is 71.7 Å². The fourth-order valence-electron chi connectivity index (χ4n) is 2.99. The molecule has 0 radical (unpaired) electrons. The molecule has 2 heterocycles. The van der Waals surface area contributed by atoms with Crippen LogP contribution in [0.1, 0.15) is 40.3 Å². The summed E-state index contributed by atoms with van der Waals surface area (Å²) in [6.45, 7) is 11.4. The molecule has 1 aromatic heterocycles. The van der Waals surface area contributed by atoms with Crippen LogP contribution in [0.2, 0.25) is 5.02 Å². The summed E-state index contributed by atoms with van der Waals surface area (Å²) >= 11 is 6.22. The lowest BCUT2D eigenvalue weighted by molar-refractivity contribution is 0.00566. The maximum Gasteiger partial charge on any atom is 0.410 e. The van der Waals surface area contributed by atoms with E-state index in [1.165, 1.54) is 0 Å². The highest BCUT2D eigenvalue weighted by Gasteiger charge is 2.35. The first kappa shape index (κ1) is 18.8. The molecule has 2 rings (SSSR count). The monoisotopic (exact) mass is 354 g/mol. The molecule has 134 valence electrons. The summed E-state index contributed by atoms with van der Waals surface area (Å²) in [6.07, 6.45) is 1.52. The Morgan fingerprint density at radius 2 is 1.96 bits per heavy atom. The summed E-state index contributed by atoms with van der Waals surface area (Å²) in [5, 5.41) is 0.574. The van der Waals surface area contributed by atoms with Crippen LogP contribution in [-0.2, 0) is 11.3 Å². The van der Waals surface area contributed by atoms with Crippen molar-refractivity contribution in [2.45, 2.75) is 58.8 Å². The lowest BCUT2D eigenvalue weighted by Crippen LogP contribution is -2.59. The van der Waals surface area contributed by atoms with Crippen molar-refractivity contribution in [3.8, 4) is 0 Å². The number of halogens is 1. The fraction of sp³-hybridized carbons (Fsp3) is 0.647. The minimum absolute atomic E-state index is 0.0246. The number of hydrogen-bond acceptors (Lipinski definition) is 5. The van der Waals surface area contributed by atoms with Gasteiger partial charge in [0, 0.05) is 19.6 Å². The number of amides is 1. The molecule has 0 bridgehead atoms. The van der Waals surface area contributed by atoms with Gasteiger partial charge < -0.3 is 15.4 Å². The van der Waals surface area contributed by atoms with E-state index in [2.05, 4.69) is 9.88 Å². The van der Waals surface area contributed by atoms with Crippen molar-refractivity contribution in [1.29, 1.82) is 0 Å². The molecule has 1 saturated heterocycles. The third kappa shape index (κ3) is 4.30. The Morgan fingerprint density at radius 1 is 1.38 bits per heavy atom. The molecule has 1 aliphatic rings. The molecule has 1 amide bonds. The molecule has 0 saturated carbocycles. The highest BCUT2D eigenvalue weighted by molar-refractivity contribution is 6.31. The SMILES string of the molecule is CC1CN(c2cnc(CN)c(Cl)c2)CC(C)N1C(=O)OC(C)(C)C. The molecular formula is C17H27ClN4O2. The lowest BCUT2D eigenvalue weighted by Gasteiger charge is -2.45. The number of carbonyl (C=O) groups is 1. The number of anilines is 1. The van der Waals surface area contributed by atoms with Gasteiger partial charge in [0.05, 0.1) is 34.7 Å². The summed E-state index contributed by atoms with van der Waals surface area (Å²) in [5.74, 6) is 0. The van der Waals surface area contributed by atoms with Crippen LogP contribution in [0.15, 0.2) is 12.3 Å². The highest BCUT2D eigenvalue weighted by atomic mass is 35.5. The van der Waals surface area contributed by atoms with Gasteiger partial charge in [0.25, 0.3) is 0 Å². The Labute approximate surface area is 148 Å². The number of nitrogens with zero attached hydrogens (tertiary/aromatic N) is 3. The minimum Gasteiger partial charge on any atom is -0.444 e. The Morgan fingerprint density at radius 3 is 2.42 bits per heavy atom. The number of ether oxygens (including phenoxy) is 1. The maximum atomic E-state index is 12.5. The van der Waals surface area contributed by atoms with E-state index in [1.54, 1.807) is 6.20 Å². The van der Waals surface area contributed by atoms with Gasteiger partial charge in [-0.15, -0.1) is 0 Å². The van der Waals surface area contributed by atoms with Gasteiger partial charge in [0.15, 0.2) is 0 Å². The quantitative estimate of drug-likeness (QED) is 0.883. The zero-order valence-corrected chi connectivity index (χ0v) is 15.8. The number of carbonyl (C=O) groups excluding carboxylic acids is 1. The predicted octanol–water partition coefficient (Wildman–Crippen LogP) is 3.03. The number of nitrogens with two attached hydrogens (primary N) is 1. The third-order valence-corrected chi connectivity index (χ3v) is 4.31. The molecule has 24 heavy (non-hydrogen) atoms. The van der Waals surface area contributed by atoms with E-state index in [-0.39, 0.29) is 18.2 Å². The molecule has 2 atom stereocenters. The second kappa shape index (κ2) is 7.15. The van der Waals surface area contributed by atoms with Crippen LogP contribution in [-0.4, -0.2) is 46.8 Å². The summed E-state index contributed by atoms with van der Waals surface area (Å²) in [6, 6.07) is 1.94. The summed E-state index contributed by atoms with van der Waals surface area (Å²) in [5.41, 5.74) is 6.74. The Kier molecular flexibility index (Phi) is 5.60. The zero-order valence-electron chi connectivity index (χ0n) is 15.0. The number of pyridine rings is 1. The first-order valence-corrected chi connectivity index (χ1v) is 8.61. The van der Waals surface area contributed by atoms with Gasteiger partial charge >= 0.3 is 6.09 Å². The van der Waals surface area contributed by atoms with Crippen LogP contribution in [0.5, 0.6) is 0 Å². The molecule has 2 N–H and O–H groups in total. The molecule has 7 heteroatoms. The highest BCUT2D eigenvalue weighted by Crippen LogP contribution is 2.26. The van der Waals surface area contributed by atoms with E-state index in [4.69, 9.17) is 22.1 Å². The van der Waals surface area contributed by atoms with Crippen molar-refractivity contribution in [3.63, 3.8) is 0 Å². The molecule has 0 spiro atoms. The van der Waals surface area contributed by atoms with Gasteiger partial charge in [-0.2, -0.15) is 0 Å². The summed E-state index contributed by atoms with van der Waals surface area (Å²) < 4.78 is 5.53. The van der Waals surface area contributed by atoms with E-state index in [0.717, 1.165) is 5.69 Å². The van der Waals surface area contributed by atoms with Gasteiger partial charge in [-0.25, -0.2) is 4.79 Å². The van der Waals surface area contributed by atoms with E-state index in [0.29, 0.717) is 30.4 Å². The first-order valence-electron chi connectivity index (χ1n) is 8.23. The predicted molar refractivity (Wildman–Crippen MR) is 96.3 cm³/mol. The third-order valence-electron chi connectivity index (χ3n) is 3.98. The molecular weight excluding hydrogens is 328 g/mol. The number of piperazine rings is 1. The van der Waals surface area contributed by atoms with E-state index >= 15 is 0 Å². The van der Waals surface area contributed by atoms with Gasteiger partial charge in [0.2, 0.25) is 0 Å². The molecule has 1 aliphatic heterocycles. The average Bonchev–Trinajstić information content (AvgIpc) is 2.44. The van der Waals surface area contributed by atoms with Crippen LogP contribution in [0.4, 0.5) is 10.5 Å². The summed E-state index contributed by atoms with van der Waals surface area (Å²) in [7, 11) is 0. The molecule has 2 unspecified atom stereocenters. The number of rotatable bonds is 2. The molecule has 0 aromatic carbocycles. The van der Waals surface area contributed by atoms with Crippen LogP contribution >= 0.6 is 11.6 Å². The fourth-order valence-corrected chi connectivity index (χ4v) is 3.23. The Hall–Kier alpha value is -1.53. The van der Waals surface area contributed by atoms with Crippen LogP contribution < -0.4 is 10.6 Å². The molecule has 1 aromatic rings. The van der Waals surface area contributed by atoms with Crippen molar-refractivity contribution in [1.82, 2.24) is 9.88 Å². The van der Waals surface area contributed by atoms with Gasteiger partial charge in [-0.3, -0.25) is 9.88 Å². The van der Waals surface area contributed by atoms with Crippen molar-refractivity contribution in [3.05, 3.63) is 23.0 Å². The molecule has 1 fully saturated rings. The van der Waals surface area contributed by atoms with Crippen molar-refractivity contribution in [2.24, 2.45) is 5.73 Å². The Balaban J connectivity index is 2.12. The largest absolute Gasteiger partial charge is 0.444 e. The second-order valence-corrected chi connectivity index (χ2v) is 7.72. The van der Waals surface area contributed by atoms with Gasteiger partial charge in [-0.05, 0) is 40.7 Å². The van der Waals surface area contributed by atoms with Crippen LogP contribution in [0, 0.1) is 0 Å². The van der Waals surface area contributed by atoms with Crippen molar-refractivity contribution in [2.75, 3.05) is 18.0 Å². The zero-order chi connectivity index (χ0) is 18.1. The second-order valence-electron chi connectivity index (χ2n) is 7.32. The number of hydrogen-bond donors (Lipinski definition) is 1.